The van der Waals surface area contributed by atoms with Gasteiger partial charge in [0.25, 0.3) is 0 Å². The Kier molecular flexibility index (Phi) is 4.61. The largest absolute Gasteiger partial charge is 0.381 e. The van der Waals surface area contributed by atoms with Gasteiger partial charge in [-0.1, -0.05) is 15.9 Å². The van der Waals surface area contributed by atoms with Crippen molar-refractivity contribution in [2.24, 2.45) is 5.92 Å². The first-order valence-electron chi connectivity index (χ1n) is 4.23. The van der Waals surface area contributed by atoms with Crippen LogP contribution < -0.4 is 5.32 Å². The maximum Gasteiger partial charge on any atom is 0.220 e. The lowest BCUT2D eigenvalue weighted by molar-refractivity contribution is -0.120. The highest BCUT2D eigenvalue weighted by atomic mass is 79.9. The summed E-state index contributed by atoms with van der Waals surface area (Å²) in [6.07, 6.45) is 1.64. The van der Waals surface area contributed by atoms with Crippen molar-refractivity contribution >= 4 is 21.8 Å². The van der Waals surface area contributed by atoms with Crippen molar-refractivity contribution in [3.8, 4) is 0 Å². The van der Waals surface area contributed by atoms with Crippen LogP contribution in [0.15, 0.2) is 0 Å². The van der Waals surface area contributed by atoms with Crippen molar-refractivity contribution in [3.05, 3.63) is 0 Å². The molecule has 1 atom stereocenters. The number of hydrogen-bond acceptors (Lipinski definition) is 2. The van der Waals surface area contributed by atoms with Crippen LogP contribution in [0.4, 0.5) is 0 Å². The monoisotopic (exact) mass is 235 g/mol. The number of nitrogens with one attached hydrogen (secondary N) is 1. The first-order chi connectivity index (χ1) is 5.83. The standard InChI is InChI=1S/C8H14BrNO2/c9-3-1-8(11)10-5-7-2-4-12-6-7/h7H,1-6H2,(H,10,11). The molecule has 0 aliphatic carbocycles. The Balaban J connectivity index is 2.03. The van der Waals surface area contributed by atoms with Crippen LogP contribution >= 0.6 is 15.9 Å². The van der Waals surface area contributed by atoms with Crippen LogP contribution in [0.25, 0.3) is 0 Å². The zero-order chi connectivity index (χ0) is 8.81. The Morgan fingerprint density at radius 1 is 1.67 bits per heavy atom. The minimum absolute atomic E-state index is 0.124. The number of amides is 1. The minimum atomic E-state index is 0.124. The van der Waals surface area contributed by atoms with E-state index in [1.54, 1.807) is 0 Å². The maximum absolute atomic E-state index is 11.0. The summed E-state index contributed by atoms with van der Waals surface area (Å²) < 4.78 is 5.19. The second-order valence-electron chi connectivity index (χ2n) is 2.97. The van der Waals surface area contributed by atoms with Crippen LogP contribution in [0.3, 0.4) is 0 Å². The van der Waals surface area contributed by atoms with Gasteiger partial charge in [-0.3, -0.25) is 4.79 Å². The molecule has 0 bridgehead atoms. The first kappa shape index (κ1) is 9.99. The molecule has 1 heterocycles. The highest BCUT2D eigenvalue weighted by Crippen LogP contribution is 2.10. The van der Waals surface area contributed by atoms with Crippen LogP contribution in [-0.4, -0.2) is 31.0 Å². The van der Waals surface area contributed by atoms with E-state index in [1.807, 2.05) is 0 Å². The van der Waals surface area contributed by atoms with Gasteiger partial charge in [-0.25, -0.2) is 0 Å². The van der Waals surface area contributed by atoms with Gasteiger partial charge >= 0.3 is 0 Å². The number of alkyl halides is 1. The minimum Gasteiger partial charge on any atom is -0.381 e. The maximum atomic E-state index is 11.0. The van der Waals surface area contributed by atoms with Gasteiger partial charge in [0.15, 0.2) is 0 Å². The van der Waals surface area contributed by atoms with Gasteiger partial charge in [0.1, 0.15) is 0 Å². The van der Waals surface area contributed by atoms with Crippen molar-refractivity contribution < 1.29 is 9.53 Å². The molecule has 3 nitrogen and oxygen atoms in total. The lowest BCUT2D eigenvalue weighted by atomic mass is 10.1. The summed E-state index contributed by atoms with van der Waals surface area (Å²) in [6.45, 7) is 2.42. The summed E-state index contributed by atoms with van der Waals surface area (Å²) in [4.78, 5) is 11.0. The van der Waals surface area contributed by atoms with Crippen molar-refractivity contribution in [1.29, 1.82) is 0 Å². The molecule has 1 rings (SSSR count). The van der Waals surface area contributed by atoms with Gasteiger partial charge < -0.3 is 10.1 Å². The summed E-state index contributed by atoms with van der Waals surface area (Å²) in [5, 5.41) is 3.61. The molecule has 4 heteroatoms. The Morgan fingerprint density at radius 2 is 2.50 bits per heavy atom. The van der Waals surface area contributed by atoms with E-state index in [4.69, 9.17) is 4.74 Å². The van der Waals surface area contributed by atoms with E-state index in [0.717, 1.165) is 31.5 Å². The summed E-state index contributed by atoms with van der Waals surface area (Å²) in [5.74, 6) is 0.656. The van der Waals surface area contributed by atoms with E-state index < -0.39 is 0 Å². The Bertz CT molecular complexity index is 146. The third-order valence-corrected chi connectivity index (χ3v) is 2.33. The smallest absolute Gasteiger partial charge is 0.220 e. The average Bonchev–Trinajstić information content (AvgIpc) is 2.53. The molecule has 0 spiro atoms. The second kappa shape index (κ2) is 5.54. The SMILES string of the molecule is O=C(CCBr)NCC1CCOC1. The van der Waals surface area contributed by atoms with Crippen molar-refractivity contribution in [2.45, 2.75) is 12.8 Å². The van der Waals surface area contributed by atoms with Gasteiger partial charge in [0.2, 0.25) is 5.91 Å². The number of rotatable bonds is 4. The molecule has 0 saturated carbocycles. The molecule has 1 aliphatic heterocycles. The van der Waals surface area contributed by atoms with Crippen LogP contribution in [0.1, 0.15) is 12.8 Å². The number of ether oxygens (including phenoxy) is 1. The molecule has 1 aliphatic rings. The Hall–Kier alpha value is -0.0900. The highest BCUT2D eigenvalue weighted by molar-refractivity contribution is 9.09. The molecule has 12 heavy (non-hydrogen) atoms. The molecule has 1 N–H and O–H groups in total. The van der Waals surface area contributed by atoms with Crippen LogP contribution in [-0.2, 0) is 9.53 Å². The molecule has 1 saturated heterocycles. The molecule has 0 aromatic heterocycles. The number of carbonyl (C=O) groups is 1. The normalized spacial score (nSPS) is 22.6. The van der Waals surface area contributed by atoms with E-state index in [-0.39, 0.29) is 5.91 Å². The van der Waals surface area contributed by atoms with E-state index >= 15 is 0 Å². The number of carbonyl (C=O) groups excluding carboxylic acids is 1. The fraction of sp³-hybridized carbons (Fsp3) is 0.875. The molecular weight excluding hydrogens is 222 g/mol. The Morgan fingerprint density at radius 3 is 3.08 bits per heavy atom. The van der Waals surface area contributed by atoms with Gasteiger partial charge in [-0.2, -0.15) is 0 Å². The highest BCUT2D eigenvalue weighted by Gasteiger charge is 2.15. The molecule has 1 amide bonds. The van der Waals surface area contributed by atoms with Crippen LogP contribution in [0.5, 0.6) is 0 Å². The van der Waals surface area contributed by atoms with Gasteiger partial charge in [0.05, 0.1) is 6.61 Å². The summed E-state index contributed by atoms with van der Waals surface area (Å²) in [6, 6.07) is 0. The van der Waals surface area contributed by atoms with Crippen LogP contribution in [0.2, 0.25) is 0 Å². The lowest BCUT2D eigenvalue weighted by Gasteiger charge is -2.08. The fourth-order valence-electron chi connectivity index (χ4n) is 1.18. The molecule has 1 fully saturated rings. The third kappa shape index (κ3) is 3.54. The van der Waals surface area contributed by atoms with Crippen molar-refractivity contribution in [1.82, 2.24) is 5.32 Å². The molecule has 1 unspecified atom stereocenters. The van der Waals surface area contributed by atoms with E-state index in [1.165, 1.54) is 0 Å². The summed E-state index contributed by atoms with van der Waals surface area (Å²) >= 11 is 3.22. The van der Waals surface area contributed by atoms with Gasteiger partial charge in [0, 0.05) is 30.8 Å². The predicted molar refractivity (Wildman–Crippen MR) is 50.3 cm³/mol. The summed E-state index contributed by atoms with van der Waals surface area (Å²) in [5.41, 5.74) is 0. The van der Waals surface area contributed by atoms with Gasteiger partial charge in [-0.05, 0) is 6.42 Å². The van der Waals surface area contributed by atoms with E-state index in [9.17, 15) is 4.79 Å². The van der Waals surface area contributed by atoms with E-state index in [2.05, 4.69) is 21.2 Å². The lowest BCUT2D eigenvalue weighted by Crippen LogP contribution is -2.29. The molecule has 0 aromatic carbocycles. The second-order valence-corrected chi connectivity index (χ2v) is 3.77. The first-order valence-corrected chi connectivity index (χ1v) is 5.35. The van der Waals surface area contributed by atoms with Crippen LogP contribution in [0, 0.1) is 5.92 Å². The quantitative estimate of drug-likeness (QED) is 0.737. The predicted octanol–water partition coefficient (Wildman–Crippen LogP) is 0.924. The number of hydrogen-bond donors (Lipinski definition) is 1. The van der Waals surface area contributed by atoms with Crippen molar-refractivity contribution in [3.63, 3.8) is 0 Å². The Labute approximate surface area is 81.0 Å². The third-order valence-electron chi connectivity index (χ3n) is 1.93. The van der Waals surface area contributed by atoms with Gasteiger partial charge in [-0.15, -0.1) is 0 Å². The molecule has 70 valence electrons. The average molecular weight is 236 g/mol. The fourth-order valence-corrected chi connectivity index (χ4v) is 1.54. The van der Waals surface area contributed by atoms with E-state index in [0.29, 0.717) is 12.3 Å². The molecule has 0 aromatic rings. The molecular formula is C8H14BrNO2. The number of halogens is 1. The molecule has 0 radical (unpaired) electrons. The van der Waals surface area contributed by atoms with Crippen molar-refractivity contribution in [2.75, 3.05) is 25.1 Å². The zero-order valence-corrected chi connectivity index (χ0v) is 8.60. The zero-order valence-electron chi connectivity index (χ0n) is 7.01. The summed E-state index contributed by atoms with van der Waals surface area (Å²) in [7, 11) is 0. The topological polar surface area (TPSA) is 38.3 Å².